The van der Waals surface area contributed by atoms with E-state index in [9.17, 15) is 0 Å². The van der Waals surface area contributed by atoms with Crippen LogP contribution < -0.4 is 0 Å². The highest BCUT2D eigenvalue weighted by Gasteiger charge is 1.96. The number of nitrogens with zero attached hydrogens (tertiary/aromatic N) is 1. The highest BCUT2D eigenvalue weighted by Crippen LogP contribution is 2.02. The van der Waals surface area contributed by atoms with Crippen LogP contribution in [0, 0.1) is 12.5 Å². The first kappa shape index (κ1) is 8.67. The third-order valence-corrected chi connectivity index (χ3v) is 1.78. The molecule has 0 aliphatic carbocycles. The Balaban J connectivity index is 2.58. The standard InChI is InChI=1S/C11H13N/c1-3-12(4-2)10-11-8-6-5-7-9-11/h1,5-9H,4,10H2,2H3. The minimum absolute atomic E-state index is 0.841. The maximum Gasteiger partial charge on any atom is 0.0510 e. The lowest BCUT2D eigenvalue weighted by Gasteiger charge is -2.14. The summed E-state index contributed by atoms with van der Waals surface area (Å²) in [5.74, 6) is 0. The van der Waals surface area contributed by atoms with Crippen LogP contribution in [-0.2, 0) is 6.54 Å². The van der Waals surface area contributed by atoms with Gasteiger partial charge in [0.05, 0.1) is 6.54 Å². The Morgan fingerprint density at radius 2 is 2.00 bits per heavy atom. The molecule has 0 aromatic heterocycles. The summed E-state index contributed by atoms with van der Waals surface area (Å²) in [6.07, 6.45) is 5.31. The smallest absolute Gasteiger partial charge is 0.0510 e. The van der Waals surface area contributed by atoms with E-state index in [1.165, 1.54) is 5.56 Å². The van der Waals surface area contributed by atoms with Gasteiger partial charge in [0.15, 0.2) is 0 Å². The summed E-state index contributed by atoms with van der Waals surface area (Å²) in [5.41, 5.74) is 1.26. The second kappa shape index (κ2) is 4.46. The van der Waals surface area contributed by atoms with Crippen molar-refractivity contribution in [2.45, 2.75) is 13.5 Å². The zero-order chi connectivity index (χ0) is 8.81. The molecular formula is C11H13N. The molecule has 0 spiro atoms. The van der Waals surface area contributed by atoms with Gasteiger partial charge in [-0.25, -0.2) is 0 Å². The number of benzene rings is 1. The normalized spacial score (nSPS) is 9.00. The van der Waals surface area contributed by atoms with Gasteiger partial charge in [0.1, 0.15) is 0 Å². The Bertz CT molecular complexity index is 258. The lowest BCUT2D eigenvalue weighted by atomic mass is 10.2. The van der Waals surface area contributed by atoms with E-state index in [0.29, 0.717) is 0 Å². The van der Waals surface area contributed by atoms with Gasteiger partial charge in [-0.15, -0.1) is 0 Å². The molecule has 1 rings (SSSR count). The molecule has 0 aliphatic heterocycles. The first-order valence-corrected chi connectivity index (χ1v) is 4.12. The molecule has 0 aliphatic rings. The SMILES string of the molecule is C#CN(CC)Cc1ccccc1. The van der Waals surface area contributed by atoms with Gasteiger partial charge in [-0.2, -0.15) is 0 Å². The summed E-state index contributed by atoms with van der Waals surface area (Å²) in [6.45, 7) is 3.79. The molecule has 0 unspecified atom stereocenters. The number of hydrogen-bond acceptors (Lipinski definition) is 1. The average molecular weight is 159 g/mol. The van der Waals surface area contributed by atoms with Crippen LogP contribution in [0.1, 0.15) is 12.5 Å². The third kappa shape index (κ3) is 2.32. The number of terminal acetylenes is 1. The summed E-state index contributed by atoms with van der Waals surface area (Å²) in [5, 5.41) is 0. The predicted molar refractivity (Wildman–Crippen MR) is 51.4 cm³/mol. The van der Waals surface area contributed by atoms with E-state index in [1.807, 2.05) is 23.1 Å². The Kier molecular flexibility index (Phi) is 3.22. The molecule has 0 bridgehead atoms. The molecule has 0 N–H and O–H groups in total. The van der Waals surface area contributed by atoms with Gasteiger partial charge in [0, 0.05) is 12.6 Å². The quantitative estimate of drug-likeness (QED) is 0.482. The number of rotatable bonds is 3. The van der Waals surface area contributed by atoms with Crippen molar-refractivity contribution in [3.05, 3.63) is 35.9 Å². The summed E-state index contributed by atoms with van der Waals surface area (Å²) >= 11 is 0. The van der Waals surface area contributed by atoms with Crippen molar-refractivity contribution in [2.24, 2.45) is 0 Å². The molecule has 1 nitrogen and oxygen atoms in total. The minimum atomic E-state index is 0.841. The Morgan fingerprint density at radius 3 is 2.50 bits per heavy atom. The summed E-state index contributed by atoms with van der Waals surface area (Å²) in [7, 11) is 0. The second-order valence-electron chi connectivity index (χ2n) is 2.63. The van der Waals surface area contributed by atoms with Crippen LogP contribution in [-0.4, -0.2) is 11.4 Å². The molecule has 1 aromatic rings. The zero-order valence-electron chi connectivity index (χ0n) is 7.33. The van der Waals surface area contributed by atoms with Crippen molar-refractivity contribution in [1.82, 2.24) is 4.90 Å². The predicted octanol–water partition coefficient (Wildman–Crippen LogP) is 2.10. The monoisotopic (exact) mass is 159 g/mol. The fourth-order valence-corrected chi connectivity index (χ4v) is 1.05. The van der Waals surface area contributed by atoms with Crippen LogP contribution in [0.5, 0.6) is 0 Å². The van der Waals surface area contributed by atoms with Gasteiger partial charge in [-0.3, -0.25) is 0 Å². The van der Waals surface area contributed by atoms with Gasteiger partial charge in [-0.05, 0) is 12.5 Å². The largest absolute Gasteiger partial charge is 0.329 e. The van der Waals surface area contributed by atoms with Crippen LogP contribution in [0.3, 0.4) is 0 Å². The van der Waals surface area contributed by atoms with E-state index in [-0.39, 0.29) is 0 Å². The molecule has 0 fully saturated rings. The molecular weight excluding hydrogens is 146 g/mol. The molecule has 0 heterocycles. The van der Waals surface area contributed by atoms with E-state index in [0.717, 1.165) is 13.1 Å². The van der Waals surface area contributed by atoms with E-state index < -0.39 is 0 Å². The van der Waals surface area contributed by atoms with Crippen molar-refractivity contribution >= 4 is 0 Å². The van der Waals surface area contributed by atoms with Gasteiger partial charge in [0.25, 0.3) is 0 Å². The van der Waals surface area contributed by atoms with Gasteiger partial charge in [0.2, 0.25) is 0 Å². The van der Waals surface area contributed by atoms with Gasteiger partial charge >= 0.3 is 0 Å². The lowest BCUT2D eigenvalue weighted by molar-refractivity contribution is 0.414. The molecule has 1 heteroatoms. The van der Waals surface area contributed by atoms with E-state index in [2.05, 4.69) is 25.1 Å². The van der Waals surface area contributed by atoms with Crippen LogP contribution >= 0.6 is 0 Å². The maximum absolute atomic E-state index is 5.31. The molecule has 12 heavy (non-hydrogen) atoms. The summed E-state index contributed by atoms with van der Waals surface area (Å²) in [4.78, 5) is 1.94. The molecule has 0 atom stereocenters. The summed E-state index contributed by atoms with van der Waals surface area (Å²) in [6, 6.07) is 12.9. The topological polar surface area (TPSA) is 3.24 Å². The van der Waals surface area contributed by atoms with Crippen molar-refractivity contribution < 1.29 is 0 Å². The molecule has 1 aromatic carbocycles. The van der Waals surface area contributed by atoms with Crippen LogP contribution in [0.4, 0.5) is 0 Å². The molecule has 0 amide bonds. The number of hydrogen-bond donors (Lipinski definition) is 0. The average Bonchev–Trinajstić information content (AvgIpc) is 2.16. The lowest BCUT2D eigenvalue weighted by Crippen LogP contribution is -2.15. The molecule has 0 saturated heterocycles. The molecule has 0 radical (unpaired) electrons. The Morgan fingerprint density at radius 1 is 1.33 bits per heavy atom. The van der Waals surface area contributed by atoms with E-state index in [1.54, 1.807) is 0 Å². The van der Waals surface area contributed by atoms with Crippen molar-refractivity contribution in [3.63, 3.8) is 0 Å². The first-order valence-electron chi connectivity index (χ1n) is 4.12. The second-order valence-corrected chi connectivity index (χ2v) is 2.63. The third-order valence-electron chi connectivity index (χ3n) is 1.78. The first-order chi connectivity index (χ1) is 5.86. The maximum atomic E-state index is 5.31. The molecule has 0 saturated carbocycles. The van der Waals surface area contributed by atoms with Gasteiger partial charge in [-0.1, -0.05) is 36.8 Å². The van der Waals surface area contributed by atoms with Crippen LogP contribution in [0.2, 0.25) is 0 Å². The highest BCUT2D eigenvalue weighted by molar-refractivity contribution is 5.15. The highest BCUT2D eigenvalue weighted by atomic mass is 15.1. The summed E-state index contributed by atoms with van der Waals surface area (Å²) < 4.78 is 0. The van der Waals surface area contributed by atoms with E-state index >= 15 is 0 Å². The fraction of sp³-hybridized carbons (Fsp3) is 0.273. The zero-order valence-corrected chi connectivity index (χ0v) is 7.33. The minimum Gasteiger partial charge on any atom is -0.329 e. The van der Waals surface area contributed by atoms with Crippen molar-refractivity contribution in [3.8, 4) is 12.5 Å². The van der Waals surface area contributed by atoms with Crippen molar-refractivity contribution in [2.75, 3.05) is 6.54 Å². The van der Waals surface area contributed by atoms with Crippen molar-refractivity contribution in [1.29, 1.82) is 0 Å². The molecule has 62 valence electrons. The Hall–Kier alpha value is -1.42. The van der Waals surface area contributed by atoms with Crippen LogP contribution in [0.15, 0.2) is 30.3 Å². The van der Waals surface area contributed by atoms with E-state index in [4.69, 9.17) is 6.42 Å². The van der Waals surface area contributed by atoms with Gasteiger partial charge < -0.3 is 4.90 Å². The fourth-order valence-electron chi connectivity index (χ4n) is 1.05. The Labute approximate surface area is 74.0 Å². The van der Waals surface area contributed by atoms with Crippen LogP contribution in [0.25, 0.3) is 0 Å².